The molecule has 1 heterocycles. The number of benzene rings is 1. The lowest BCUT2D eigenvalue weighted by Crippen LogP contribution is -2.10. The zero-order chi connectivity index (χ0) is 16.2. The highest BCUT2D eigenvalue weighted by Gasteiger charge is 2.12. The average Bonchev–Trinajstić information content (AvgIpc) is 2.47. The van der Waals surface area contributed by atoms with Crippen LogP contribution in [-0.2, 0) is 10.0 Å². The van der Waals surface area contributed by atoms with Crippen molar-refractivity contribution in [2.45, 2.75) is 0 Å². The normalized spacial score (nSPS) is 10.9. The monoisotopic (exact) mass is 325 g/mol. The second kappa shape index (κ2) is 6.48. The lowest BCUT2D eigenvalue weighted by molar-refractivity contribution is 0.348. The van der Waals surface area contributed by atoms with Crippen LogP contribution in [0, 0.1) is 0 Å². The summed E-state index contributed by atoms with van der Waals surface area (Å²) >= 11 is 0. The SMILES string of the molecule is COc1cc(OC)nc(Oc2ccccc2NS(C)(=O)=O)n1. The van der Waals surface area contributed by atoms with Crippen molar-refractivity contribution in [1.82, 2.24) is 9.97 Å². The minimum atomic E-state index is -3.44. The third kappa shape index (κ3) is 4.22. The number of anilines is 1. The summed E-state index contributed by atoms with van der Waals surface area (Å²) in [5, 5.41) is 0. The fourth-order valence-corrected chi connectivity index (χ4v) is 2.14. The molecule has 0 bridgehead atoms. The van der Waals surface area contributed by atoms with E-state index < -0.39 is 10.0 Å². The Labute approximate surface area is 128 Å². The van der Waals surface area contributed by atoms with Crippen molar-refractivity contribution in [2.24, 2.45) is 0 Å². The second-order valence-corrected chi connectivity index (χ2v) is 5.96. The van der Waals surface area contributed by atoms with Gasteiger partial charge in [0.15, 0.2) is 5.75 Å². The van der Waals surface area contributed by atoms with E-state index in [-0.39, 0.29) is 29.2 Å². The Morgan fingerprint density at radius 1 is 1.05 bits per heavy atom. The van der Waals surface area contributed by atoms with Crippen LogP contribution in [0.15, 0.2) is 30.3 Å². The second-order valence-electron chi connectivity index (χ2n) is 4.21. The van der Waals surface area contributed by atoms with Crippen molar-refractivity contribution in [3.05, 3.63) is 30.3 Å². The molecule has 22 heavy (non-hydrogen) atoms. The van der Waals surface area contributed by atoms with Gasteiger partial charge in [-0.1, -0.05) is 12.1 Å². The maximum Gasteiger partial charge on any atom is 0.328 e. The van der Waals surface area contributed by atoms with Crippen molar-refractivity contribution in [2.75, 3.05) is 25.2 Å². The van der Waals surface area contributed by atoms with Crippen molar-refractivity contribution in [3.63, 3.8) is 0 Å². The Morgan fingerprint density at radius 2 is 1.64 bits per heavy atom. The topological polar surface area (TPSA) is 99.6 Å². The highest BCUT2D eigenvalue weighted by molar-refractivity contribution is 7.92. The molecule has 0 radical (unpaired) electrons. The van der Waals surface area contributed by atoms with Gasteiger partial charge in [-0.25, -0.2) is 8.42 Å². The number of nitrogens with zero attached hydrogens (tertiary/aromatic N) is 2. The van der Waals surface area contributed by atoms with Crippen LogP contribution in [0.3, 0.4) is 0 Å². The molecular formula is C13H15N3O5S. The van der Waals surface area contributed by atoms with Gasteiger partial charge in [0.25, 0.3) is 0 Å². The molecule has 1 N–H and O–H groups in total. The van der Waals surface area contributed by atoms with E-state index in [1.807, 2.05) is 0 Å². The first kappa shape index (κ1) is 15.8. The van der Waals surface area contributed by atoms with Gasteiger partial charge in [0.1, 0.15) is 0 Å². The average molecular weight is 325 g/mol. The number of hydrogen-bond acceptors (Lipinski definition) is 7. The summed E-state index contributed by atoms with van der Waals surface area (Å²) in [5.74, 6) is 0.772. The molecule has 0 spiro atoms. The first-order chi connectivity index (χ1) is 10.4. The number of para-hydroxylation sites is 2. The fraction of sp³-hybridized carbons (Fsp3) is 0.231. The van der Waals surface area contributed by atoms with Gasteiger partial charge >= 0.3 is 6.01 Å². The van der Waals surface area contributed by atoms with Gasteiger partial charge in [0.05, 0.1) is 32.2 Å². The van der Waals surface area contributed by atoms with Crippen LogP contribution < -0.4 is 18.9 Å². The van der Waals surface area contributed by atoms with Crippen LogP contribution in [0.1, 0.15) is 0 Å². The molecule has 8 nitrogen and oxygen atoms in total. The molecule has 0 saturated carbocycles. The van der Waals surface area contributed by atoms with Gasteiger partial charge in [0, 0.05) is 0 Å². The summed E-state index contributed by atoms with van der Waals surface area (Å²) < 4.78 is 40.7. The Balaban J connectivity index is 2.35. The van der Waals surface area contributed by atoms with Crippen LogP contribution >= 0.6 is 0 Å². The largest absolute Gasteiger partial charge is 0.481 e. The van der Waals surface area contributed by atoms with Crippen LogP contribution in [0.2, 0.25) is 0 Å². The minimum absolute atomic E-state index is 0.0287. The van der Waals surface area contributed by atoms with Gasteiger partial charge in [-0.3, -0.25) is 4.72 Å². The molecule has 0 aliphatic heterocycles. The molecule has 2 rings (SSSR count). The smallest absolute Gasteiger partial charge is 0.328 e. The summed E-state index contributed by atoms with van der Waals surface area (Å²) in [6, 6.07) is 7.98. The molecule has 118 valence electrons. The number of aromatic nitrogens is 2. The van der Waals surface area contributed by atoms with Gasteiger partial charge in [-0.05, 0) is 12.1 Å². The third-order valence-electron chi connectivity index (χ3n) is 2.46. The minimum Gasteiger partial charge on any atom is -0.481 e. The number of nitrogens with one attached hydrogen (secondary N) is 1. The highest BCUT2D eigenvalue weighted by Crippen LogP contribution is 2.30. The zero-order valence-corrected chi connectivity index (χ0v) is 13.0. The van der Waals surface area contributed by atoms with Crippen LogP contribution in [0.5, 0.6) is 23.5 Å². The Kier molecular flexibility index (Phi) is 4.66. The first-order valence-electron chi connectivity index (χ1n) is 6.13. The predicted molar refractivity (Wildman–Crippen MR) is 80.1 cm³/mol. The van der Waals surface area contributed by atoms with E-state index in [4.69, 9.17) is 14.2 Å². The lowest BCUT2D eigenvalue weighted by Gasteiger charge is -2.11. The molecule has 0 aliphatic rings. The molecule has 0 aliphatic carbocycles. The quantitative estimate of drug-likeness (QED) is 0.862. The molecule has 0 unspecified atom stereocenters. The van der Waals surface area contributed by atoms with Crippen LogP contribution in [0.25, 0.3) is 0 Å². The van der Waals surface area contributed by atoms with Gasteiger partial charge < -0.3 is 14.2 Å². The van der Waals surface area contributed by atoms with E-state index in [0.717, 1.165) is 6.26 Å². The molecular weight excluding hydrogens is 310 g/mol. The van der Waals surface area contributed by atoms with Gasteiger partial charge in [0.2, 0.25) is 21.8 Å². The predicted octanol–water partition coefficient (Wildman–Crippen LogP) is 1.66. The van der Waals surface area contributed by atoms with Crippen molar-refractivity contribution in [3.8, 4) is 23.5 Å². The number of methoxy groups -OCH3 is 2. The molecule has 0 saturated heterocycles. The summed E-state index contributed by atoms with van der Waals surface area (Å²) in [7, 11) is -0.540. The Morgan fingerprint density at radius 3 is 2.18 bits per heavy atom. The first-order valence-corrected chi connectivity index (χ1v) is 8.02. The number of rotatable bonds is 6. The highest BCUT2D eigenvalue weighted by atomic mass is 32.2. The maximum absolute atomic E-state index is 11.4. The van der Waals surface area contributed by atoms with E-state index in [9.17, 15) is 8.42 Å². The van der Waals surface area contributed by atoms with Crippen LogP contribution in [-0.4, -0.2) is 38.9 Å². The van der Waals surface area contributed by atoms with Gasteiger partial charge in [-0.15, -0.1) is 0 Å². The maximum atomic E-state index is 11.4. The standard InChI is InChI=1S/C13H15N3O5S/c1-19-11-8-12(20-2)15-13(14-11)21-10-7-5-4-6-9(10)16-22(3,17)18/h4-8,16H,1-3H3. The van der Waals surface area contributed by atoms with E-state index in [1.165, 1.54) is 20.3 Å². The number of hydrogen-bond donors (Lipinski definition) is 1. The molecule has 9 heteroatoms. The molecule has 1 aromatic carbocycles. The molecule has 2 aromatic rings. The van der Waals surface area contributed by atoms with Crippen LogP contribution in [0.4, 0.5) is 5.69 Å². The van der Waals surface area contributed by atoms with Crippen molar-refractivity contribution >= 4 is 15.7 Å². The summed E-state index contributed by atoms with van der Waals surface area (Å²) in [6.07, 6.45) is 1.05. The molecule has 0 atom stereocenters. The number of ether oxygens (including phenoxy) is 3. The molecule has 0 fully saturated rings. The van der Waals surface area contributed by atoms with E-state index in [2.05, 4.69) is 14.7 Å². The molecule has 0 amide bonds. The lowest BCUT2D eigenvalue weighted by atomic mass is 10.3. The summed E-state index contributed by atoms with van der Waals surface area (Å²) in [6.45, 7) is 0. The third-order valence-corrected chi connectivity index (χ3v) is 3.05. The van der Waals surface area contributed by atoms with E-state index >= 15 is 0 Å². The van der Waals surface area contributed by atoms with Gasteiger partial charge in [-0.2, -0.15) is 9.97 Å². The number of sulfonamides is 1. The van der Waals surface area contributed by atoms with Crippen molar-refractivity contribution in [1.29, 1.82) is 0 Å². The Bertz CT molecular complexity index is 742. The van der Waals surface area contributed by atoms with Crippen molar-refractivity contribution < 1.29 is 22.6 Å². The zero-order valence-electron chi connectivity index (χ0n) is 12.2. The van der Waals surface area contributed by atoms with E-state index in [1.54, 1.807) is 24.3 Å². The Hall–Kier alpha value is -2.55. The summed E-state index contributed by atoms with van der Waals surface area (Å²) in [4.78, 5) is 8.04. The molecule has 1 aromatic heterocycles. The van der Waals surface area contributed by atoms with E-state index in [0.29, 0.717) is 0 Å². The fourth-order valence-electron chi connectivity index (χ4n) is 1.58. The summed E-state index contributed by atoms with van der Waals surface area (Å²) in [5.41, 5.74) is 0.274.